The summed E-state index contributed by atoms with van der Waals surface area (Å²) in [7, 11) is 0. The van der Waals surface area contributed by atoms with Crippen LogP contribution in [0.3, 0.4) is 0 Å². The summed E-state index contributed by atoms with van der Waals surface area (Å²) in [6.45, 7) is 8.42. The third kappa shape index (κ3) is 8.68. The molecule has 226 valence electrons. The van der Waals surface area contributed by atoms with Gasteiger partial charge in [0.05, 0.1) is 6.61 Å². The lowest BCUT2D eigenvalue weighted by molar-refractivity contribution is 0.0663. The molecule has 5 rings (SSSR count). The van der Waals surface area contributed by atoms with E-state index in [-0.39, 0.29) is 5.75 Å². The van der Waals surface area contributed by atoms with E-state index in [1.807, 2.05) is 0 Å². The lowest BCUT2D eigenvalue weighted by Crippen LogP contribution is -2.34. The lowest BCUT2D eigenvalue weighted by atomic mass is 9.60. The Labute approximate surface area is 249 Å². The average Bonchev–Trinajstić information content (AvgIpc) is 3.00. The molecule has 0 amide bonds. The molecular formula is C38H54F2O. The summed E-state index contributed by atoms with van der Waals surface area (Å²) >= 11 is 0. The third-order valence-electron chi connectivity index (χ3n) is 10.2. The fourth-order valence-electron chi connectivity index (χ4n) is 7.80. The van der Waals surface area contributed by atoms with Gasteiger partial charge in [-0.25, -0.2) is 4.39 Å². The molecule has 2 aromatic carbocycles. The van der Waals surface area contributed by atoms with E-state index in [1.54, 1.807) is 24.6 Å². The fraction of sp³-hybridized carbons (Fsp3) is 0.632. The van der Waals surface area contributed by atoms with Gasteiger partial charge in [0.15, 0.2) is 11.6 Å². The lowest BCUT2D eigenvalue weighted by Gasteiger charge is -2.45. The number of allylic oxidation sites excluding steroid dienone is 2. The van der Waals surface area contributed by atoms with Crippen LogP contribution in [0, 0.1) is 48.1 Å². The first kappa shape index (κ1) is 31.8. The molecule has 3 heteroatoms. The van der Waals surface area contributed by atoms with Gasteiger partial charge in [0, 0.05) is 0 Å². The second-order valence-electron chi connectivity index (χ2n) is 13.3. The summed E-state index contributed by atoms with van der Waals surface area (Å²) in [4.78, 5) is 0. The summed E-state index contributed by atoms with van der Waals surface area (Å²) in [5.41, 5.74) is 3.34. The molecule has 4 unspecified atom stereocenters. The van der Waals surface area contributed by atoms with Crippen LogP contribution in [0.15, 0.2) is 48.6 Å². The SMILES string of the molecule is C/C=C/CCc1ccc(C2CCC3CC(C4CCC(COc5ccc(C)c(F)c5F)CC4)CCC3C2)cc1.CCC. The Balaban J connectivity index is 0.00000124. The largest absolute Gasteiger partial charge is 0.490 e. The Morgan fingerprint density at radius 3 is 2.05 bits per heavy atom. The summed E-state index contributed by atoms with van der Waals surface area (Å²) in [6, 6.07) is 12.7. The van der Waals surface area contributed by atoms with E-state index in [1.165, 1.54) is 63.4 Å². The zero-order chi connectivity index (χ0) is 29.2. The van der Waals surface area contributed by atoms with Crippen LogP contribution >= 0.6 is 0 Å². The summed E-state index contributed by atoms with van der Waals surface area (Å²) < 4.78 is 33.7. The van der Waals surface area contributed by atoms with Gasteiger partial charge in [-0.15, -0.1) is 0 Å². The van der Waals surface area contributed by atoms with Crippen LogP contribution in [-0.4, -0.2) is 6.61 Å². The molecule has 0 N–H and O–H groups in total. The number of halogens is 2. The predicted octanol–water partition coefficient (Wildman–Crippen LogP) is 11.4. The van der Waals surface area contributed by atoms with Gasteiger partial charge >= 0.3 is 0 Å². The number of fused-ring (bicyclic) bond motifs is 1. The molecule has 0 aromatic heterocycles. The van der Waals surface area contributed by atoms with Crippen molar-refractivity contribution in [2.24, 2.45) is 29.6 Å². The quantitative estimate of drug-likeness (QED) is 0.290. The normalized spacial score (nSPS) is 28.0. The average molecular weight is 565 g/mol. The Kier molecular flexibility index (Phi) is 12.3. The van der Waals surface area contributed by atoms with Crippen LogP contribution in [0.4, 0.5) is 8.78 Å². The molecule has 3 saturated carbocycles. The minimum absolute atomic E-state index is 0.0597. The topological polar surface area (TPSA) is 9.23 Å². The maximum Gasteiger partial charge on any atom is 0.200 e. The van der Waals surface area contributed by atoms with Crippen LogP contribution in [0.25, 0.3) is 0 Å². The van der Waals surface area contributed by atoms with Gasteiger partial charge in [-0.2, -0.15) is 4.39 Å². The van der Waals surface area contributed by atoms with Gasteiger partial charge in [0.1, 0.15) is 0 Å². The highest BCUT2D eigenvalue weighted by Crippen LogP contribution is 2.51. The molecule has 3 fully saturated rings. The Hall–Kier alpha value is -2.16. The second kappa shape index (κ2) is 15.9. The van der Waals surface area contributed by atoms with E-state index < -0.39 is 11.6 Å². The van der Waals surface area contributed by atoms with Gasteiger partial charge in [-0.05, 0) is 149 Å². The van der Waals surface area contributed by atoms with E-state index in [4.69, 9.17) is 4.74 Å². The molecule has 41 heavy (non-hydrogen) atoms. The first-order chi connectivity index (χ1) is 19.9. The molecule has 4 atom stereocenters. The van der Waals surface area contributed by atoms with Crippen LogP contribution in [0.2, 0.25) is 0 Å². The molecule has 0 bridgehead atoms. The van der Waals surface area contributed by atoms with Gasteiger partial charge in [-0.1, -0.05) is 62.8 Å². The van der Waals surface area contributed by atoms with Gasteiger partial charge in [0.25, 0.3) is 0 Å². The molecule has 2 aromatic rings. The maximum absolute atomic E-state index is 14.1. The molecule has 0 saturated heterocycles. The number of benzene rings is 2. The zero-order valence-electron chi connectivity index (χ0n) is 26.1. The number of hydrogen-bond donors (Lipinski definition) is 0. The van der Waals surface area contributed by atoms with E-state index in [2.05, 4.69) is 57.2 Å². The Morgan fingerprint density at radius 2 is 1.37 bits per heavy atom. The first-order valence-electron chi connectivity index (χ1n) is 16.7. The van der Waals surface area contributed by atoms with E-state index >= 15 is 0 Å². The smallest absolute Gasteiger partial charge is 0.200 e. The standard InChI is InChI=1S/C35H46F2O.C3H8/c1-3-4-5-6-25-8-12-27(13-9-25)29-16-18-32-22-30(17-19-31(32)21-29)28-14-10-26(11-15-28)23-38-33-20-7-24(2)34(36)35(33)37;1-3-2/h3-4,7-9,12-13,20,26,28-32H,5-6,10-11,14-19,21-23H2,1-2H3;3H2,1-2H3/b4-3+;. The van der Waals surface area contributed by atoms with Crippen molar-refractivity contribution in [3.05, 3.63) is 76.9 Å². The van der Waals surface area contributed by atoms with Crippen LogP contribution in [0.5, 0.6) is 5.75 Å². The van der Waals surface area contributed by atoms with Crippen molar-refractivity contribution in [2.75, 3.05) is 6.61 Å². The highest BCUT2D eigenvalue weighted by atomic mass is 19.2. The summed E-state index contributed by atoms with van der Waals surface area (Å²) in [6.07, 6.45) is 21.1. The van der Waals surface area contributed by atoms with Crippen LogP contribution in [0.1, 0.15) is 120 Å². The van der Waals surface area contributed by atoms with Crippen molar-refractivity contribution >= 4 is 0 Å². The maximum atomic E-state index is 14.1. The number of rotatable bonds is 8. The predicted molar refractivity (Wildman–Crippen MR) is 168 cm³/mol. The van der Waals surface area contributed by atoms with Crippen molar-refractivity contribution < 1.29 is 13.5 Å². The highest BCUT2D eigenvalue weighted by molar-refractivity contribution is 5.30. The zero-order valence-corrected chi connectivity index (χ0v) is 26.1. The summed E-state index contributed by atoms with van der Waals surface area (Å²) in [5, 5.41) is 0. The number of aryl methyl sites for hydroxylation is 2. The summed E-state index contributed by atoms with van der Waals surface area (Å²) in [5.74, 6) is 3.19. The minimum Gasteiger partial charge on any atom is -0.490 e. The van der Waals surface area contributed by atoms with Gasteiger partial charge in [-0.3, -0.25) is 0 Å². The van der Waals surface area contributed by atoms with Crippen LogP contribution in [-0.2, 0) is 6.42 Å². The Morgan fingerprint density at radius 1 is 0.756 bits per heavy atom. The molecule has 0 radical (unpaired) electrons. The molecular weight excluding hydrogens is 510 g/mol. The molecule has 3 aliphatic rings. The van der Waals surface area contributed by atoms with Crippen molar-refractivity contribution in [3.8, 4) is 5.75 Å². The molecule has 0 spiro atoms. The third-order valence-corrected chi connectivity index (χ3v) is 10.2. The van der Waals surface area contributed by atoms with Crippen molar-refractivity contribution in [1.82, 2.24) is 0 Å². The first-order valence-corrected chi connectivity index (χ1v) is 16.7. The van der Waals surface area contributed by atoms with Crippen molar-refractivity contribution in [1.29, 1.82) is 0 Å². The molecule has 0 aliphatic heterocycles. The second-order valence-corrected chi connectivity index (χ2v) is 13.3. The van der Waals surface area contributed by atoms with Gasteiger partial charge in [0.2, 0.25) is 5.82 Å². The Bertz CT molecular complexity index is 1080. The molecule has 1 nitrogen and oxygen atoms in total. The van der Waals surface area contributed by atoms with Crippen LogP contribution < -0.4 is 4.74 Å². The van der Waals surface area contributed by atoms with Crippen molar-refractivity contribution in [2.45, 2.75) is 117 Å². The van der Waals surface area contributed by atoms with Crippen molar-refractivity contribution in [3.63, 3.8) is 0 Å². The van der Waals surface area contributed by atoms with Gasteiger partial charge < -0.3 is 4.74 Å². The molecule has 3 aliphatic carbocycles. The van der Waals surface area contributed by atoms with E-state index in [0.717, 1.165) is 55.3 Å². The van der Waals surface area contributed by atoms with E-state index in [9.17, 15) is 8.78 Å². The number of hydrogen-bond acceptors (Lipinski definition) is 1. The van der Waals surface area contributed by atoms with E-state index in [0.29, 0.717) is 18.1 Å². The molecule has 0 heterocycles. The fourth-order valence-corrected chi connectivity index (χ4v) is 7.80. The highest BCUT2D eigenvalue weighted by Gasteiger charge is 2.39. The number of ether oxygens (including phenoxy) is 1. The monoisotopic (exact) mass is 564 g/mol. The minimum atomic E-state index is -0.845.